The SMILES string of the molecule is Cc1ccc2nsnc2c1NC(=S)NC(=O)C(c1ccccc1)c1ccccc1. The standard InChI is InChI=1S/C22H18N4OS2/c1-14-12-13-17-20(26-29-25-17)19(14)23-22(28)24-21(27)18(15-8-4-2-5-9-15)16-10-6-3-7-11-16/h2-13,18H,1H3,(H2,23,24,27,28). The number of amides is 1. The summed E-state index contributed by atoms with van der Waals surface area (Å²) in [5, 5.41) is 6.21. The topological polar surface area (TPSA) is 66.9 Å². The lowest BCUT2D eigenvalue weighted by Gasteiger charge is -2.19. The molecule has 0 aliphatic carbocycles. The second-order valence-electron chi connectivity index (χ2n) is 6.59. The lowest BCUT2D eigenvalue weighted by Crippen LogP contribution is -2.38. The van der Waals surface area contributed by atoms with Crippen molar-refractivity contribution in [2.45, 2.75) is 12.8 Å². The molecule has 0 unspecified atom stereocenters. The van der Waals surface area contributed by atoms with Crippen molar-refractivity contribution in [3.8, 4) is 0 Å². The first-order chi connectivity index (χ1) is 14.1. The summed E-state index contributed by atoms with van der Waals surface area (Å²) in [5.74, 6) is -0.656. The van der Waals surface area contributed by atoms with Crippen molar-refractivity contribution in [3.05, 3.63) is 89.5 Å². The van der Waals surface area contributed by atoms with E-state index in [9.17, 15) is 4.79 Å². The van der Waals surface area contributed by atoms with Gasteiger partial charge in [-0.2, -0.15) is 8.75 Å². The van der Waals surface area contributed by atoms with Gasteiger partial charge in [0.25, 0.3) is 0 Å². The summed E-state index contributed by atoms with van der Waals surface area (Å²) >= 11 is 6.59. The van der Waals surface area contributed by atoms with Crippen LogP contribution in [0.2, 0.25) is 0 Å². The van der Waals surface area contributed by atoms with Crippen LogP contribution in [0.3, 0.4) is 0 Å². The smallest absolute Gasteiger partial charge is 0.238 e. The maximum absolute atomic E-state index is 13.2. The normalized spacial score (nSPS) is 10.8. The van der Waals surface area contributed by atoms with E-state index in [1.165, 1.54) is 0 Å². The Balaban J connectivity index is 1.58. The molecule has 1 heterocycles. The van der Waals surface area contributed by atoms with E-state index in [4.69, 9.17) is 12.2 Å². The largest absolute Gasteiger partial charge is 0.330 e. The van der Waals surface area contributed by atoms with Gasteiger partial charge < -0.3 is 10.6 Å². The summed E-state index contributed by atoms with van der Waals surface area (Å²) in [6.07, 6.45) is 0. The van der Waals surface area contributed by atoms with E-state index in [1.807, 2.05) is 79.7 Å². The van der Waals surface area contributed by atoms with Crippen LogP contribution in [0.1, 0.15) is 22.6 Å². The van der Waals surface area contributed by atoms with Crippen LogP contribution in [0.25, 0.3) is 11.0 Å². The molecule has 0 fully saturated rings. The third-order valence-electron chi connectivity index (χ3n) is 4.64. The molecular formula is C22H18N4OS2. The quantitative estimate of drug-likeness (QED) is 0.473. The van der Waals surface area contributed by atoms with E-state index in [-0.39, 0.29) is 11.0 Å². The predicted molar refractivity (Wildman–Crippen MR) is 121 cm³/mol. The maximum Gasteiger partial charge on any atom is 0.238 e. The number of rotatable bonds is 4. The second kappa shape index (κ2) is 8.46. The summed E-state index contributed by atoms with van der Waals surface area (Å²) in [6, 6.07) is 23.2. The molecular weight excluding hydrogens is 400 g/mol. The first-order valence-corrected chi connectivity index (χ1v) is 10.2. The maximum atomic E-state index is 13.2. The molecule has 5 nitrogen and oxygen atoms in total. The van der Waals surface area contributed by atoms with Crippen molar-refractivity contribution >= 4 is 51.7 Å². The number of hydrogen-bond acceptors (Lipinski definition) is 5. The van der Waals surface area contributed by atoms with E-state index in [1.54, 1.807) is 0 Å². The minimum Gasteiger partial charge on any atom is -0.330 e. The number of carbonyl (C=O) groups is 1. The molecule has 7 heteroatoms. The molecule has 0 radical (unpaired) electrons. The molecule has 0 atom stereocenters. The average Bonchev–Trinajstić information content (AvgIpc) is 3.21. The Hall–Kier alpha value is -3.16. The van der Waals surface area contributed by atoms with E-state index in [0.29, 0.717) is 0 Å². The third kappa shape index (κ3) is 4.16. The zero-order chi connectivity index (χ0) is 20.2. The molecule has 1 amide bonds. The predicted octanol–water partition coefficient (Wildman–Crippen LogP) is 4.64. The Morgan fingerprint density at radius 1 is 0.931 bits per heavy atom. The fraction of sp³-hybridized carbons (Fsp3) is 0.0909. The molecule has 0 aliphatic heterocycles. The monoisotopic (exact) mass is 418 g/mol. The van der Waals surface area contributed by atoms with Gasteiger partial charge in [-0.3, -0.25) is 4.79 Å². The number of thiocarbonyl (C=S) groups is 1. The van der Waals surface area contributed by atoms with E-state index in [0.717, 1.165) is 45.1 Å². The number of aromatic nitrogens is 2. The van der Waals surface area contributed by atoms with Crippen LogP contribution in [0.15, 0.2) is 72.8 Å². The van der Waals surface area contributed by atoms with Crippen LogP contribution in [-0.2, 0) is 4.79 Å². The Morgan fingerprint density at radius 3 is 2.17 bits per heavy atom. The van der Waals surface area contributed by atoms with Crippen LogP contribution in [0, 0.1) is 6.92 Å². The van der Waals surface area contributed by atoms with Crippen LogP contribution in [0.4, 0.5) is 5.69 Å². The zero-order valence-corrected chi connectivity index (χ0v) is 17.3. The van der Waals surface area contributed by atoms with Gasteiger partial charge in [-0.1, -0.05) is 66.7 Å². The van der Waals surface area contributed by atoms with E-state index >= 15 is 0 Å². The summed E-state index contributed by atoms with van der Waals surface area (Å²) in [4.78, 5) is 13.2. The van der Waals surface area contributed by atoms with Gasteiger partial charge in [0.1, 0.15) is 11.0 Å². The zero-order valence-electron chi connectivity index (χ0n) is 15.6. The Morgan fingerprint density at radius 2 is 1.55 bits per heavy atom. The lowest BCUT2D eigenvalue weighted by atomic mass is 9.90. The molecule has 4 rings (SSSR count). The number of nitrogens with one attached hydrogen (secondary N) is 2. The molecule has 2 N–H and O–H groups in total. The Bertz CT molecular complexity index is 1120. The van der Waals surface area contributed by atoms with Gasteiger partial charge in [-0.05, 0) is 41.9 Å². The third-order valence-corrected chi connectivity index (χ3v) is 5.39. The van der Waals surface area contributed by atoms with Crippen molar-refractivity contribution < 1.29 is 4.79 Å². The number of anilines is 1. The van der Waals surface area contributed by atoms with Crippen molar-refractivity contribution in [1.82, 2.24) is 14.1 Å². The molecule has 0 saturated carbocycles. The molecule has 144 valence electrons. The van der Waals surface area contributed by atoms with Gasteiger partial charge in [0.15, 0.2) is 5.11 Å². The fourth-order valence-corrected chi connectivity index (χ4v) is 3.97. The fourth-order valence-electron chi connectivity index (χ4n) is 3.23. The van der Waals surface area contributed by atoms with Gasteiger partial charge in [-0.25, -0.2) is 0 Å². The molecule has 3 aromatic carbocycles. The van der Waals surface area contributed by atoms with Crippen molar-refractivity contribution in [3.63, 3.8) is 0 Å². The van der Waals surface area contributed by atoms with Crippen LogP contribution in [0.5, 0.6) is 0 Å². The van der Waals surface area contributed by atoms with Crippen LogP contribution in [-0.4, -0.2) is 19.8 Å². The first-order valence-electron chi connectivity index (χ1n) is 9.07. The summed E-state index contributed by atoms with van der Waals surface area (Å²) < 4.78 is 8.59. The summed E-state index contributed by atoms with van der Waals surface area (Å²) in [7, 11) is 0. The van der Waals surface area contributed by atoms with Gasteiger partial charge in [0.2, 0.25) is 5.91 Å². The molecule has 0 bridgehead atoms. The highest BCUT2D eigenvalue weighted by atomic mass is 32.1. The number of benzene rings is 3. The van der Waals surface area contributed by atoms with E-state index in [2.05, 4.69) is 19.4 Å². The summed E-state index contributed by atoms with van der Waals surface area (Å²) in [6.45, 7) is 1.96. The number of fused-ring (bicyclic) bond motifs is 1. The molecule has 0 spiro atoms. The molecule has 1 aromatic heterocycles. The molecule has 29 heavy (non-hydrogen) atoms. The molecule has 0 saturated heterocycles. The number of carbonyl (C=O) groups excluding carboxylic acids is 1. The van der Waals surface area contributed by atoms with Crippen molar-refractivity contribution in [2.75, 3.05) is 5.32 Å². The van der Waals surface area contributed by atoms with Gasteiger partial charge >= 0.3 is 0 Å². The minimum atomic E-state index is -0.463. The number of aryl methyl sites for hydroxylation is 1. The minimum absolute atomic E-state index is 0.193. The van der Waals surface area contributed by atoms with Crippen molar-refractivity contribution in [1.29, 1.82) is 0 Å². The van der Waals surface area contributed by atoms with Crippen LogP contribution < -0.4 is 10.6 Å². The highest BCUT2D eigenvalue weighted by Crippen LogP contribution is 2.27. The van der Waals surface area contributed by atoms with Crippen molar-refractivity contribution in [2.24, 2.45) is 0 Å². The Labute approximate surface area is 178 Å². The average molecular weight is 419 g/mol. The van der Waals surface area contributed by atoms with Gasteiger partial charge in [-0.15, -0.1) is 0 Å². The molecule has 0 aliphatic rings. The number of nitrogens with zero attached hydrogens (tertiary/aromatic N) is 2. The van der Waals surface area contributed by atoms with Gasteiger partial charge in [0.05, 0.1) is 23.3 Å². The molecule has 4 aromatic rings. The van der Waals surface area contributed by atoms with E-state index < -0.39 is 5.92 Å². The highest BCUT2D eigenvalue weighted by molar-refractivity contribution is 7.80. The Kier molecular flexibility index (Phi) is 5.59. The highest BCUT2D eigenvalue weighted by Gasteiger charge is 2.23. The second-order valence-corrected chi connectivity index (χ2v) is 7.52. The van der Waals surface area contributed by atoms with Crippen LogP contribution >= 0.6 is 23.9 Å². The summed E-state index contributed by atoms with van der Waals surface area (Å²) in [5.41, 5.74) is 5.09. The van der Waals surface area contributed by atoms with Gasteiger partial charge in [0, 0.05) is 0 Å². The lowest BCUT2D eigenvalue weighted by molar-refractivity contribution is -0.120. The first kappa shape index (κ1) is 19.2. The number of hydrogen-bond donors (Lipinski definition) is 2.